The lowest BCUT2D eigenvalue weighted by molar-refractivity contribution is -0.149. The highest BCUT2D eigenvalue weighted by Crippen LogP contribution is 2.39. The fourth-order valence-electron chi connectivity index (χ4n) is 3.94. The lowest BCUT2D eigenvalue weighted by Crippen LogP contribution is -2.59. The van der Waals surface area contributed by atoms with Gasteiger partial charge in [0.15, 0.2) is 6.04 Å². The second-order valence-electron chi connectivity index (χ2n) is 7.58. The van der Waals surface area contributed by atoms with E-state index in [2.05, 4.69) is 0 Å². The molecule has 0 aromatic heterocycles. The number of carbonyl (C=O) groups excluding carboxylic acids is 2. The van der Waals surface area contributed by atoms with E-state index in [4.69, 9.17) is 4.74 Å². The van der Waals surface area contributed by atoms with Gasteiger partial charge in [0.05, 0.1) is 6.61 Å². The minimum Gasteiger partial charge on any atom is -0.480 e. The Bertz CT molecular complexity index is 752. The van der Waals surface area contributed by atoms with Gasteiger partial charge in [-0.25, -0.2) is 4.79 Å². The van der Waals surface area contributed by atoms with Crippen LogP contribution < -0.4 is 0 Å². The molecule has 146 valence electrons. The smallest absolute Gasteiger partial charge is 0.328 e. The number of rotatable bonds is 3. The van der Waals surface area contributed by atoms with Gasteiger partial charge in [-0.2, -0.15) is 0 Å². The SMILES string of the molecule is Cc1ccccc1C(=O)N1[C@H](C(=O)O)COC12CCN(C(=O)C(C)C)CC2. The second kappa shape index (κ2) is 7.31. The predicted molar refractivity (Wildman–Crippen MR) is 98.1 cm³/mol. The highest BCUT2D eigenvalue weighted by Gasteiger charge is 2.54. The zero-order valence-corrected chi connectivity index (χ0v) is 16.0. The number of nitrogens with zero attached hydrogens (tertiary/aromatic N) is 2. The molecule has 0 unspecified atom stereocenters. The highest BCUT2D eigenvalue weighted by atomic mass is 16.5. The van der Waals surface area contributed by atoms with Gasteiger partial charge in [0, 0.05) is 37.4 Å². The average Bonchev–Trinajstić information content (AvgIpc) is 3.00. The van der Waals surface area contributed by atoms with E-state index in [1.165, 1.54) is 4.90 Å². The van der Waals surface area contributed by atoms with Crippen molar-refractivity contribution >= 4 is 17.8 Å². The monoisotopic (exact) mass is 374 g/mol. The molecule has 7 nitrogen and oxygen atoms in total. The second-order valence-corrected chi connectivity index (χ2v) is 7.58. The molecule has 7 heteroatoms. The van der Waals surface area contributed by atoms with Crippen LogP contribution in [0.3, 0.4) is 0 Å². The molecule has 2 saturated heterocycles. The lowest BCUT2D eigenvalue weighted by atomic mass is 9.95. The minimum atomic E-state index is -1.07. The molecule has 0 radical (unpaired) electrons. The molecule has 1 N–H and O–H groups in total. The third kappa shape index (κ3) is 3.43. The molecule has 2 aliphatic rings. The number of hydrogen-bond acceptors (Lipinski definition) is 4. The number of aliphatic carboxylic acids is 1. The maximum absolute atomic E-state index is 13.3. The molecule has 0 bridgehead atoms. The Morgan fingerprint density at radius 1 is 1.19 bits per heavy atom. The van der Waals surface area contributed by atoms with Crippen molar-refractivity contribution in [1.29, 1.82) is 0 Å². The van der Waals surface area contributed by atoms with Gasteiger partial charge in [0.1, 0.15) is 5.72 Å². The van der Waals surface area contributed by atoms with Gasteiger partial charge in [-0.05, 0) is 18.6 Å². The lowest BCUT2D eigenvalue weighted by Gasteiger charge is -2.44. The standard InChI is InChI=1S/C20H26N2O5/c1-13(2)17(23)21-10-8-20(9-11-21)22(16(12-27-20)19(25)26)18(24)15-7-5-4-6-14(15)3/h4-7,13,16H,8-12H2,1-3H3,(H,25,26)/t16-/m0/s1. The number of amides is 2. The third-order valence-electron chi connectivity index (χ3n) is 5.49. The Morgan fingerprint density at radius 3 is 2.37 bits per heavy atom. The Hall–Kier alpha value is -2.41. The quantitative estimate of drug-likeness (QED) is 0.873. The molecule has 0 saturated carbocycles. The fourth-order valence-corrected chi connectivity index (χ4v) is 3.94. The van der Waals surface area contributed by atoms with Crippen LogP contribution in [-0.2, 0) is 14.3 Å². The highest BCUT2D eigenvalue weighted by molar-refractivity contribution is 5.98. The van der Waals surface area contributed by atoms with E-state index < -0.39 is 17.7 Å². The van der Waals surface area contributed by atoms with E-state index in [1.54, 1.807) is 17.0 Å². The summed E-state index contributed by atoms with van der Waals surface area (Å²) in [5.41, 5.74) is 0.298. The van der Waals surface area contributed by atoms with Crippen molar-refractivity contribution in [2.45, 2.75) is 45.4 Å². The normalized spacial score (nSPS) is 21.7. The van der Waals surface area contributed by atoms with Gasteiger partial charge in [0.2, 0.25) is 5.91 Å². The first-order valence-electron chi connectivity index (χ1n) is 9.32. The number of hydrogen-bond donors (Lipinski definition) is 1. The summed E-state index contributed by atoms with van der Waals surface area (Å²) in [6, 6.07) is 6.12. The van der Waals surface area contributed by atoms with Crippen LogP contribution in [0.1, 0.15) is 42.6 Å². The summed E-state index contributed by atoms with van der Waals surface area (Å²) in [6.45, 7) is 6.39. The van der Waals surface area contributed by atoms with Crippen molar-refractivity contribution < 1.29 is 24.2 Å². The minimum absolute atomic E-state index is 0.0366. The average molecular weight is 374 g/mol. The van der Waals surface area contributed by atoms with Gasteiger partial charge in [0.25, 0.3) is 5.91 Å². The summed E-state index contributed by atoms with van der Waals surface area (Å²) in [4.78, 5) is 40.5. The van der Waals surface area contributed by atoms with E-state index in [0.717, 1.165) is 5.56 Å². The van der Waals surface area contributed by atoms with Crippen LogP contribution in [-0.4, -0.2) is 64.2 Å². The zero-order valence-electron chi connectivity index (χ0n) is 16.0. The van der Waals surface area contributed by atoms with Gasteiger partial charge < -0.3 is 14.7 Å². The van der Waals surface area contributed by atoms with Crippen molar-refractivity contribution in [3.05, 3.63) is 35.4 Å². The van der Waals surface area contributed by atoms with Crippen LogP contribution in [0.4, 0.5) is 0 Å². The zero-order chi connectivity index (χ0) is 19.8. The van der Waals surface area contributed by atoms with Crippen LogP contribution >= 0.6 is 0 Å². The van der Waals surface area contributed by atoms with Crippen molar-refractivity contribution in [3.63, 3.8) is 0 Å². The topological polar surface area (TPSA) is 87.2 Å². The molecule has 1 aromatic carbocycles. The number of benzene rings is 1. The van der Waals surface area contributed by atoms with Crippen LogP contribution in [0.25, 0.3) is 0 Å². The van der Waals surface area contributed by atoms with Gasteiger partial charge in [-0.15, -0.1) is 0 Å². The molecule has 2 heterocycles. The fraction of sp³-hybridized carbons (Fsp3) is 0.550. The summed E-state index contributed by atoms with van der Waals surface area (Å²) < 4.78 is 5.93. The first-order valence-corrected chi connectivity index (χ1v) is 9.32. The Kier molecular flexibility index (Phi) is 5.24. The molecule has 1 atom stereocenters. The largest absolute Gasteiger partial charge is 0.480 e. The summed E-state index contributed by atoms with van der Waals surface area (Å²) >= 11 is 0. The predicted octanol–water partition coefficient (Wildman–Crippen LogP) is 1.90. The Labute approximate surface area is 158 Å². The van der Waals surface area contributed by atoms with E-state index in [0.29, 0.717) is 31.5 Å². The summed E-state index contributed by atoms with van der Waals surface area (Å²) in [6.07, 6.45) is 0.819. The molecule has 0 aliphatic carbocycles. The van der Waals surface area contributed by atoms with E-state index >= 15 is 0 Å². The van der Waals surface area contributed by atoms with Crippen molar-refractivity contribution in [1.82, 2.24) is 9.80 Å². The third-order valence-corrected chi connectivity index (χ3v) is 5.49. The van der Waals surface area contributed by atoms with Crippen LogP contribution in [0.2, 0.25) is 0 Å². The molecule has 27 heavy (non-hydrogen) atoms. The number of carbonyl (C=O) groups is 3. The number of aryl methyl sites for hydroxylation is 1. The van der Waals surface area contributed by atoms with Crippen molar-refractivity contribution in [3.8, 4) is 0 Å². The molecular weight excluding hydrogens is 348 g/mol. The first-order chi connectivity index (χ1) is 12.8. The number of likely N-dealkylation sites (tertiary alicyclic amines) is 1. The summed E-state index contributed by atoms with van der Waals surface area (Å²) in [5.74, 6) is -1.44. The number of carboxylic acids is 1. The van der Waals surface area contributed by atoms with Crippen LogP contribution in [0.5, 0.6) is 0 Å². The van der Waals surface area contributed by atoms with Gasteiger partial charge in [-0.3, -0.25) is 14.5 Å². The Balaban J connectivity index is 1.89. The van der Waals surface area contributed by atoms with Gasteiger partial charge >= 0.3 is 5.97 Å². The Morgan fingerprint density at radius 2 is 1.81 bits per heavy atom. The number of piperidine rings is 1. The molecule has 2 fully saturated rings. The van der Waals surface area contributed by atoms with Crippen molar-refractivity contribution in [2.24, 2.45) is 5.92 Å². The van der Waals surface area contributed by atoms with Crippen LogP contribution in [0.15, 0.2) is 24.3 Å². The molecule has 1 spiro atoms. The van der Waals surface area contributed by atoms with Crippen molar-refractivity contribution in [2.75, 3.05) is 19.7 Å². The van der Waals surface area contributed by atoms with E-state index in [9.17, 15) is 19.5 Å². The van der Waals surface area contributed by atoms with Crippen LogP contribution in [0, 0.1) is 12.8 Å². The molecule has 2 aliphatic heterocycles. The van der Waals surface area contributed by atoms with E-state index in [-0.39, 0.29) is 24.3 Å². The summed E-state index contributed by atoms with van der Waals surface area (Å²) in [7, 11) is 0. The maximum atomic E-state index is 13.3. The molecule has 3 rings (SSSR count). The molecule has 2 amide bonds. The molecule has 1 aromatic rings. The number of ether oxygens (including phenoxy) is 1. The first kappa shape index (κ1) is 19.4. The number of carboxylic acid groups (broad SMARTS) is 1. The summed E-state index contributed by atoms with van der Waals surface area (Å²) in [5, 5.41) is 9.64. The van der Waals surface area contributed by atoms with E-state index in [1.807, 2.05) is 32.9 Å². The van der Waals surface area contributed by atoms with Gasteiger partial charge in [-0.1, -0.05) is 32.0 Å². The maximum Gasteiger partial charge on any atom is 0.328 e. The molecular formula is C20H26N2O5.